The average Bonchev–Trinajstić information content (AvgIpc) is 3.27. The van der Waals surface area contributed by atoms with Gasteiger partial charge in [-0.3, -0.25) is 29.5 Å². The van der Waals surface area contributed by atoms with E-state index in [2.05, 4.69) is 5.32 Å². The van der Waals surface area contributed by atoms with Crippen molar-refractivity contribution < 1.29 is 23.2 Å². The molecule has 0 saturated carbocycles. The maximum Gasteiger partial charge on any atom is 0.275 e. The second-order valence-electron chi connectivity index (χ2n) is 11.2. The number of fused-ring (bicyclic) bond motifs is 1. The molecule has 1 N–H and O–H groups in total. The Morgan fingerprint density at radius 1 is 0.976 bits per heavy atom. The summed E-state index contributed by atoms with van der Waals surface area (Å²) >= 11 is 12.5. The van der Waals surface area contributed by atoms with Gasteiger partial charge in [-0.15, -0.1) is 0 Å². The van der Waals surface area contributed by atoms with E-state index in [0.717, 1.165) is 22.3 Å². The van der Waals surface area contributed by atoms with Crippen LogP contribution in [0, 0.1) is 0 Å². The van der Waals surface area contributed by atoms with Gasteiger partial charge in [0.05, 0.1) is 22.6 Å². The summed E-state index contributed by atoms with van der Waals surface area (Å²) in [5.74, 6) is -3.99. The summed E-state index contributed by atoms with van der Waals surface area (Å²) in [5.41, 5.74) is 3.94. The minimum absolute atomic E-state index is 0.176. The number of benzene rings is 2. The highest BCUT2D eigenvalue weighted by Crippen LogP contribution is 2.38. The summed E-state index contributed by atoms with van der Waals surface area (Å²) in [6.45, 7) is 1.57. The zero-order valence-electron chi connectivity index (χ0n) is 22.3. The van der Waals surface area contributed by atoms with Crippen LogP contribution in [0.3, 0.4) is 0 Å². The van der Waals surface area contributed by atoms with Crippen LogP contribution < -0.4 is 5.32 Å². The van der Waals surface area contributed by atoms with Crippen LogP contribution in [0.1, 0.15) is 52.7 Å². The molecule has 0 aliphatic carbocycles. The molecule has 216 valence electrons. The number of carbonyl (C=O) groups excluding carboxylic acids is 3. The SMILES string of the molecule is O=C1CCC(N2Cc3c(CN4CCC(N5CC=C(c6cccc(Cl)c6Cl)CC5)C(F)(F)C4)cccc3C2=O)C(=O)N1. The molecular weight excluding hydrogens is 573 g/mol. The van der Waals surface area contributed by atoms with Gasteiger partial charge in [-0.25, -0.2) is 8.78 Å². The maximum atomic E-state index is 15.6. The first kappa shape index (κ1) is 28.3. The number of nitrogens with zero attached hydrogens (tertiary/aromatic N) is 3. The van der Waals surface area contributed by atoms with E-state index in [0.29, 0.717) is 54.6 Å². The van der Waals surface area contributed by atoms with Gasteiger partial charge in [0, 0.05) is 44.7 Å². The van der Waals surface area contributed by atoms with Gasteiger partial charge in [0.1, 0.15) is 6.04 Å². The largest absolute Gasteiger partial charge is 0.322 e. The van der Waals surface area contributed by atoms with Crippen molar-refractivity contribution in [3.05, 3.63) is 74.8 Å². The zero-order valence-corrected chi connectivity index (χ0v) is 23.9. The van der Waals surface area contributed by atoms with E-state index in [1.54, 1.807) is 23.1 Å². The number of carbonyl (C=O) groups is 3. The predicted octanol–water partition coefficient (Wildman–Crippen LogP) is 4.75. The van der Waals surface area contributed by atoms with Gasteiger partial charge in [0.15, 0.2) is 0 Å². The number of amides is 3. The normalized spacial score (nSPS) is 25.2. The number of piperidine rings is 2. The molecule has 11 heteroatoms. The van der Waals surface area contributed by atoms with Gasteiger partial charge >= 0.3 is 0 Å². The standard InChI is InChI=1S/C30H30Cl2F2N4O3/c31-23-6-2-4-20(27(23)32)18-9-13-37(14-10-18)25-11-12-36(17-30(25,33)34)15-19-3-1-5-21-22(19)16-38(29(21)41)24-7-8-26(39)35-28(24)40/h1-6,9,24-25H,7-8,10-17H2,(H,35,39,40). The summed E-state index contributed by atoms with van der Waals surface area (Å²) in [6, 6.07) is 9.23. The van der Waals surface area contributed by atoms with Gasteiger partial charge in [-0.2, -0.15) is 0 Å². The first-order valence-corrected chi connectivity index (χ1v) is 14.6. The smallest absolute Gasteiger partial charge is 0.275 e. The molecule has 6 rings (SSSR count). The average molecular weight is 603 g/mol. The monoisotopic (exact) mass is 602 g/mol. The zero-order chi connectivity index (χ0) is 28.9. The van der Waals surface area contributed by atoms with Crippen molar-refractivity contribution in [2.45, 2.75) is 56.8 Å². The molecule has 2 unspecified atom stereocenters. The van der Waals surface area contributed by atoms with E-state index >= 15 is 8.78 Å². The van der Waals surface area contributed by atoms with Crippen molar-refractivity contribution in [1.29, 1.82) is 0 Å². The third-order valence-corrected chi connectivity index (χ3v) is 9.51. The number of hydrogen-bond acceptors (Lipinski definition) is 5. The topological polar surface area (TPSA) is 73.0 Å². The van der Waals surface area contributed by atoms with Gasteiger partial charge < -0.3 is 4.90 Å². The Kier molecular flexibility index (Phi) is 7.65. The van der Waals surface area contributed by atoms with Crippen molar-refractivity contribution in [3.8, 4) is 0 Å². The number of halogens is 4. The lowest BCUT2D eigenvalue weighted by molar-refractivity contribution is -0.137. The molecule has 2 aromatic rings. The van der Waals surface area contributed by atoms with E-state index < -0.39 is 23.9 Å². The van der Waals surface area contributed by atoms with Crippen LogP contribution in [0.15, 0.2) is 42.5 Å². The van der Waals surface area contributed by atoms with Crippen LogP contribution in [0.25, 0.3) is 5.57 Å². The molecular formula is C30H30Cl2F2N4O3. The Labute approximate surface area is 247 Å². The lowest BCUT2D eigenvalue weighted by atomic mass is 9.93. The van der Waals surface area contributed by atoms with E-state index in [1.165, 1.54) is 4.90 Å². The van der Waals surface area contributed by atoms with Crippen molar-refractivity contribution in [3.63, 3.8) is 0 Å². The van der Waals surface area contributed by atoms with E-state index in [4.69, 9.17) is 23.2 Å². The summed E-state index contributed by atoms with van der Waals surface area (Å²) in [5, 5.41) is 3.27. The van der Waals surface area contributed by atoms with Crippen molar-refractivity contribution in [1.82, 2.24) is 20.0 Å². The molecule has 7 nitrogen and oxygen atoms in total. The highest BCUT2D eigenvalue weighted by molar-refractivity contribution is 6.43. The first-order chi connectivity index (χ1) is 19.6. The fraction of sp³-hybridized carbons (Fsp3) is 0.433. The quantitative estimate of drug-likeness (QED) is 0.500. The number of alkyl halides is 2. The lowest BCUT2D eigenvalue weighted by Crippen LogP contribution is -2.58. The molecule has 2 fully saturated rings. The molecule has 0 bridgehead atoms. The van der Waals surface area contributed by atoms with Crippen LogP contribution in [-0.2, 0) is 22.7 Å². The van der Waals surface area contributed by atoms with Gasteiger partial charge in [0.25, 0.3) is 11.8 Å². The second kappa shape index (κ2) is 11.1. The van der Waals surface area contributed by atoms with Crippen molar-refractivity contribution in [2.24, 2.45) is 0 Å². The third kappa shape index (κ3) is 5.41. The molecule has 3 amide bonds. The Hall–Kier alpha value is -2.85. The van der Waals surface area contributed by atoms with Gasteiger partial charge in [0.2, 0.25) is 11.8 Å². The molecule has 2 atom stereocenters. The van der Waals surface area contributed by atoms with E-state index in [9.17, 15) is 14.4 Å². The summed E-state index contributed by atoms with van der Waals surface area (Å²) in [6.07, 6.45) is 3.37. The van der Waals surface area contributed by atoms with E-state index in [-0.39, 0.29) is 37.7 Å². The molecule has 4 aliphatic heterocycles. The summed E-state index contributed by atoms with van der Waals surface area (Å²) in [7, 11) is 0. The van der Waals surface area contributed by atoms with Crippen molar-refractivity contribution >= 4 is 46.5 Å². The molecule has 0 radical (unpaired) electrons. The molecule has 0 spiro atoms. The number of imide groups is 1. The minimum atomic E-state index is -2.91. The summed E-state index contributed by atoms with van der Waals surface area (Å²) < 4.78 is 31.2. The number of likely N-dealkylation sites (tertiary alicyclic amines) is 1. The minimum Gasteiger partial charge on any atom is -0.322 e. The van der Waals surface area contributed by atoms with Crippen LogP contribution in [0.5, 0.6) is 0 Å². The third-order valence-electron chi connectivity index (χ3n) is 8.69. The fourth-order valence-electron chi connectivity index (χ4n) is 6.59. The molecule has 4 aliphatic rings. The number of hydrogen-bond donors (Lipinski definition) is 1. The molecule has 4 heterocycles. The number of nitrogens with one attached hydrogen (secondary N) is 1. The Morgan fingerprint density at radius 3 is 2.49 bits per heavy atom. The lowest BCUT2D eigenvalue weighted by Gasteiger charge is -2.44. The van der Waals surface area contributed by atoms with Crippen LogP contribution in [0.2, 0.25) is 10.0 Å². The van der Waals surface area contributed by atoms with Gasteiger partial charge in [-0.1, -0.05) is 53.5 Å². The Morgan fingerprint density at radius 2 is 1.76 bits per heavy atom. The van der Waals surface area contributed by atoms with Crippen molar-refractivity contribution in [2.75, 3.05) is 26.2 Å². The second-order valence-corrected chi connectivity index (χ2v) is 12.0. The van der Waals surface area contributed by atoms with Crippen LogP contribution in [0.4, 0.5) is 8.78 Å². The Bertz CT molecular complexity index is 1450. The van der Waals surface area contributed by atoms with Crippen LogP contribution in [-0.4, -0.2) is 76.6 Å². The summed E-state index contributed by atoms with van der Waals surface area (Å²) in [4.78, 5) is 42.2. The molecule has 2 saturated heterocycles. The molecule has 0 aromatic heterocycles. The van der Waals surface area contributed by atoms with Gasteiger partial charge in [-0.05, 0) is 53.7 Å². The molecule has 41 heavy (non-hydrogen) atoms. The number of rotatable bonds is 5. The predicted molar refractivity (Wildman–Crippen MR) is 152 cm³/mol. The fourth-order valence-corrected chi connectivity index (χ4v) is 7.01. The molecule has 2 aromatic carbocycles. The van der Waals surface area contributed by atoms with Crippen LogP contribution >= 0.6 is 23.2 Å². The highest BCUT2D eigenvalue weighted by Gasteiger charge is 2.48. The maximum absolute atomic E-state index is 15.6. The Balaban J connectivity index is 1.11. The van der Waals surface area contributed by atoms with E-state index in [1.807, 2.05) is 29.2 Å². The first-order valence-electron chi connectivity index (χ1n) is 13.9. The highest BCUT2D eigenvalue weighted by atomic mass is 35.5.